The van der Waals surface area contributed by atoms with E-state index in [0.717, 1.165) is 31.1 Å². The number of rotatable bonds is 1. The summed E-state index contributed by atoms with van der Waals surface area (Å²) in [5.74, 6) is 0.987. The molecule has 2 rings (SSSR count). The second-order valence-corrected chi connectivity index (χ2v) is 5.10. The average molecular weight is 220 g/mol. The van der Waals surface area contributed by atoms with E-state index >= 15 is 0 Å². The standard InChI is InChI=1S/C12H20N4/c1-12(2)9-16(7-6-15(12)3)11-8-10(13)4-5-14-11/h4-5,8H,6-7,9H2,1-3H3,(H2,13,14). The van der Waals surface area contributed by atoms with Crippen LogP contribution in [0.2, 0.25) is 0 Å². The summed E-state index contributed by atoms with van der Waals surface area (Å²) in [6.45, 7) is 7.57. The van der Waals surface area contributed by atoms with Gasteiger partial charge < -0.3 is 10.6 Å². The Morgan fingerprint density at radius 3 is 2.75 bits per heavy atom. The first-order valence-electron chi connectivity index (χ1n) is 5.67. The molecule has 0 aliphatic carbocycles. The van der Waals surface area contributed by atoms with Crippen LogP contribution in [0.25, 0.3) is 0 Å². The molecule has 0 saturated carbocycles. The van der Waals surface area contributed by atoms with Crippen LogP contribution in [-0.4, -0.2) is 42.1 Å². The lowest BCUT2D eigenvalue weighted by Crippen LogP contribution is -2.57. The number of piperazine rings is 1. The predicted molar refractivity (Wildman–Crippen MR) is 67.6 cm³/mol. The molecule has 0 aromatic carbocycles. The highest BCUT2D eigenvalue weighted by atomic mass is 15.3. The molecule has 2 N–H and O–H groups in total. The minimum atomic E-state index is 0.185. The number of nitrogens with zero attached hydrogens (tertiary/aromatic N) is 3. The summed E-state index contributed by atoms with van der Waals surface area (Å²) in [5, 5.41) is 0. The molecule has 1 saturated heterocycles. The number of aromatic nitrogens is 1. The molecule has 0 spiro atoms. The smallest absolute Gasteiger partial charge is 0.130 e. The van der Waals surface area contributed by atoms with Crippen molar-refractivity contribution in [2.24, 2.45) is 0 Å². The molecule has 16 heavy (non-hydrogen) atoms. The van der Waals surface area contributed by atoms with Crippen LogP contribution in [0.3, 0.4) is 0 Å². The fourth-order valence-corrected chi connectivity index (χ4v) is 2.04. The number of hydrogen-bond donors (Lipinski definition) is 1. The summed E-state index contributed by atoms with van der Waals surface area (Å²) in [5.41, 5.74) is 6.75. The molecule has 88 valence electrons. The Balaban J connectivity index is 2.18. The van der Waals surface area contributed by atoms with Gasteiger partial charge in [0.1, 0.15) is 5.82 Å². The molecule has 0 unspecified atom stereocenters. The first kappa shape index (κ1) is 11.2. The zero-order chi connectivity index (χ0) is 11.8. The summed E-state index contributed by atoms with van der Waals surface area (Å²) in [6.07, 6.45) is 1.77. The van der Waals surface area contributed by atoms with Crippen LogP contribution in [-0.2, 0) is 0 Å². The third-order valence-electron chi connectivity index (χ3n) is 3.41. The van der Waals surface area contributed by atoms with Crippen LogP contribution in [0.4, 0.5) is 11.5 Å². The average Bonchev–Trinajstić information content (AvgIpc) is 2.22. The van der Waals surface area contributed by atoms with E-state index in [1.54, 1.807) is 6.20 Å². The quantitative estimate of drug-likeness (QED) is 0.772. The van der Waals surface area contributed by atoms with Crippen LogP contribution >= 0.6 is 0 Å². The Labute approximate surface area is 97.1 Å². The minimum Gasteiger partial charge on any atom is -0.399 e. The normalized spacial score (nSPS) is 21.1. The minimum absolute atomic E-state index is 0.185. The van der Waals surface area contributed by atoms with E-state index in [0.29, 0.717) is 0 Å². The first-order valence-corrected chi connectivity index (χ1v) is 5.67. The summed E-state index contributed by atoms with van der Waals surface area (Å²) in [4.78, 5) is 9.07. The van der Waals surface area contributed by atoms with E-state index in [1.807, 2.05) is 12.1 Å². The third-order valence-corrected chi connectivity index (χ3v) is 3.41. The molecule has 1 aliphatic rings. The van der Waals surface area contributed by atoms with Crippen molar-refractivity contribution in [1.29, 1.82) is 0 Å². The summed E-state index contributed by atoms with van der Waals surface area (Å²) in [7, 11) is 2.17. The maximum absolute atomic E-state index is 5.78. The highest BCUT2D eigenvalue weighted by Gasteiger charge is 2.31. The number of nitrogen functional groups attached to an aromatic ring is 1. The molecular weight excluding hydrogens is 200 g/mol. The van der Waals surface area contributed by atoms with E-state index in [2.05, 4.69) is 35.7 Å². The molecule has 1 aromatic rings. The summed E-state index contributed by atoms with van der Waals surface area (Å²) >= 11 is 0. The van der Waals surface area contributed by atoms with Crippen LogP contribution < -0.4 is 10.6 Å². The Morgan fingerprint density at radius 1 is 1.38 bits per heavy atom. The highest BCUT2D eigenvalue weighted by molar-refractivity contribution is 5.50. The van der Waals surface area contributed by atoms with E-state index in [1.165, 1.54) is 0 Å². The Kier molecular flexibility index (Phi) is 2.76. The van der Waals surface area contributed by atoms with E-state index in [9.17, 15) is 0 Å². The lowest BCUT2D eigenvalue weighted by atomic mass is 10.00. The SMILES string of the molecule is CN1CCN(c2cc(N)ccn2)CC1(C)C. The number of hydrogen-bond acceptors (Lipinski definition) is 4. The molecule has 0 radical (unpaired) electrons. The van der Waals surface area contributed by atoms with Gasteiger partial charge in [0.25, 0.3) is 0 Å². The Morgan fingerprint density at radius 2 is 2.12 bits per heavy atom. The molecule has 1 aromatic heterocycles. The predicted octanol–water partition coefficient (Wildman–Crippen LogP) is 1.19. The van der Waals surface area contributed by atoms with Gasteiger partial charge in [-0.25, -0.2) is 4.98 Å². The maximum atomic E-state index is 5.78. The first-order chi connectivity index (χ1) is 7.49. The second kappa shape index (κ2) is 3.94. The molecule has 1 fully saturated rings. The lowest BCUT2D eigenvalue weighted by Gasteiger charge is -2.45. The Hall–Kier alpha value is -1.29. The summed E-state index contributed by atoms with van der Waals surface area (Å²) in [6, 6.07) is 3.77. The molecule has 1 aliphatic heterocycles. The van der Waals surface area contributed by atoms with Gasteiger partial charge in [0.15, 0.2) is 0 Å². The fourth-order valence-electron chi connectivity index (χ4n) is 2.04. The molecular formula is C12H20N4. The number of likely N-dealkylation sites (N-methyl/N-ethyl adjacent to an activating group) is 1. The largest absolute Gasteiger partial charge is 0.399 e. The van der Waals surface area contributed by atoms with Crippen molar-refractivity contribution >= 4 is 11.5 Å². The summed E-state index contributed by atoms with van der Waals surface area (Å²) < 4.78 is 0. The van der Waals surface area contributed by atoms with Crippen molar-refractivity contribution in [1.82, 2.24) is 9.88 Å². The molecule has 0 bridgehead atoms. The van der Waals surface area contributed by atoms with Gasteiger partial charge in [-0.05, 0) is 27.0 Å². The Bertz CT molecular complexity index is 375. The molecule has 0 atom stereocenters. The van der Waals surface area contributed by atoms with Crippen molar-refractivity contribution < 1.29 is 0 Å². The van der Waals surface area contributed by atoms with Crippen LogP contribution in [0.15, 0.2) is 18.3 Å². The molecule has 4 heteroatoms. The van der Waals surface area contributed by atoms with E-state index in [-0.39, 0.29) is 5.54 Å². The van der Waals surface area contributed by atoms with Gasteiger partial charge in [0, 0.05) is 43.1 Å². The van der Waals surface area contributed by atoms with Gasteiger partial charge in [-0.15, -0.1) is 0 Å². The van der Waals surface area contributed by atoms with Crippen molar-refractivity contribution in [2.45, 2.75) is 19.4 Å². The maximum Gasteiger partial charge on any atom is 0.130 e. The highest BCUT2D eigenvalue weighted by Crippen LogP contribution is 2.23. The number of nitrogens with two attached hydrogens (primary N) is 1. The third kappa shape index (κ3) is 2.11. The van der Waals surface area contributed by atoms with Crippen LogP contribution in [0, 0.1) is 0 Å². The van der Waals surface area contributed by atoms with Crippen molar-refractivity contribution in [3.05, 3.63) is 18.3 Å². The van der Waals surface area contributed by atoms with Crippen molar-refractivity contribution in [3.8, 4) is 0 Å². The van der Waals surface area contributed by atoms with Crippen molar-refractivity contribution in [2.75, 3.05) is 37.3 Å². The number of anilines is 2. The monoisotopic (exact) mass is 220 g/mol. The van der Waals surface area contributed by atoms with E-state index in [4.69, 9.17) is 5.73 Å². The van der Waals surface area contributed by atoms with Gasteiger partial charge in [-0.3, -0.25) is 4.90 Å². The van der Waals surface area contributed by atoms with Crippen molar-refractivity contribution in [3.63, 3.8) is 0 Å². The molecule has 0 amide bonds. The van der Waals surface area contributed by atoms with Gasteiger partial charge in [-0.2, -0.15) is 0 Å². The van der Waals surface area contributed by atoms with Gasteiger partial charge in [-0.1, -0.05) is 0 Å². The molecule has 2 heterocycles. The van der Waals surface area contributed by atoms with Gasteiger partial charge in [0.2, 0.25) is 0 Å². The lowest BCUT2D eigenvalue weighted by molar-refractivity contribution is 0.138. The second-order valence-electron chi connectivity index (χ2n) is 5.10. The zero-order valence-corrected chi connectivity index (χ0v) is 10.3. The van der Waals surface area contributed by atoms with Gasteiger partial charge >= 0.3 is 0 Å². The van der Waals surface area contributed by atoms with Crippen LogP contribution in [0.1, 0.15) is 13.8 Å². The topological polar surface area (TPSA) is 45.4 Å². The van der Waals surface area contributed by atoms with E-state index < -0.39 is 0 Å². The molecule has 4 nitrogen and oxygen atoms in total. The van der Waals surface area contributed by atoms with Gasteiger partial charge in [0.05, 0.1) is 0 Å². The zero-order valence-electron chi connectivity index (χ0n) is 10.3. The number of pyridine rings is 1. The fraction of sp³-hybridized carbons (Fsp3) is 0.583. The van der Waals surface area contributed by atoms with Crippen LogP contribution in [0.5, 0.6) is 0 Å².